The van der Waals surface area contributed by atoms with E-state index >= 15 is 8.78 Å². The Balaban J connectivity index is 1.33. The molecule has 4 aromatic rings. The van der Waals surface area contributed by atoms with E-state index in [9.17, 15) is 13.2 Å². The molecule has 1 saturated carbocycles. The molecular weight excluding hydrogens is 603 g/mol. The molecule has 0 bridgehead atoms. The highest BCUT2D eigenvalue weighted by Gasteiger charge is 2.56. The largest absolute Gasteiger partial charge is 0.461 e. The number of ether oxygens (including phenoxy) is 1. The molecule has 5 atom stereocenters. The zero-order valence-electron chi connectivity index (χ0n) is 26.7. The Morgan fingerprint density at radius 3 is 2.78 bits per heavy atom. The van der Waals surface area contributed by atoms with Crippen molar-refractivity contribution in [3.05, 3.63) is 47.4 Å². The fourth-order valence-electron chi connectivity index (χ4n) is 7.81. The van der Waals surface area contributed by atoms with Crippen LogP contribution in [0.2, 0.25) is 0 Å². The van der Waals surface area contributed by atoms with Crippen LogP contribution in [0.25, 0.3) is 32.9 Å². The van der Waals surface area contributed by atoms with Crippen molar-refractivity contribution in [3.8, 4) is 29.6 Å². The number of hydrogen-bond acceptors (Lipinski definition) is 7. The summed E-state index contributed by atoms with van der Waals surface area (Å²) in [5.41, 5.74) is 3.83. The molecule has 2 aromatic heterocycles. The molecule has 8 rings (SSSR count). The Kier molecular flexibility index (Phi) is 6.24. The number of aromatic nitrogens is 3. The molecule has 3 aliphatic heterocycles. The zero-order chi connectivity index (χ0) is 33.7. The lowest BCUT2D eigenvalue weighted by Gasteiger charge is -2.31. The maximum atomic E-state index is 16.9. The number of halogens is 5. The lowest BCUT2D eigenvalue weighted by atomic mass is 9.95. The van der Waals surface area contributed by atoms with Crippen LogP contribution in [0.3, 0.4) is 0 Å². The highest BCUT2D eigenvalue weighted by Crippen LogP contribution is 2.48. The molecule has 0 spiro atoms. The van der Waals surface area contributed by atoms with Crippen molar-refractivity contribution in [2.24, 2.45) is 5.92 Å². The highest BCUT2D eigenvalue weighted by molar-refractivity contribution is 6.04. The predicted octanol–water partition coefficient (Wildman–Crippen LogP) is 6.11. The second-order valence-corrected chi connectivity index (χ2v) is 12.7. The third-order valence-corrected chi connectivity index (χ3v) is 9.98. The van der Waals surface area contributed by atoms with E-state index < -0.39 is 59.5 Å². The van der Waals surface area contributed by atoms with Gasteiger partial charge in [0.2, 0.25) is 0 Å². The highest BCUT2D eigenvalue weighted by atomic mass is 19.2. The monoisotopic (exact) mass is 636 g/mol. The van der Waals surface area contributed by atoms with Crippen molar-refractivity contribution < 1.29 is 29.4 Å². The molecule has 0 radical (unpaired) electrons. The first-order valence-electron chi connectivity index (χ1n) is 16.5. The Bertz CT molecular complexity index is 2040. The number of nitrogens with zero attached hydrogens (tertiary/aromatic N) is 5. The minimum absolute atomic E-state index is 0.00878. The minimum Gasteiger partial charge on any atom is -0.461 e. The number of fused-ring (bicyclic) bond motifs is 4. The number of benzene rings is 2. The van der Waals surface area contributed by atoms with Gasteiger partial charge in [-0.2, -0.15) is 9.97 Å². The van der Waals surface area contributed by atoms with E-state index in [1.54, 1.807) is 9.80 Å². The van der Waals surface area contributed by atoms with Gasteiger partial charge in [-0.3, -0.25) is 9.88 Å². The summed E-state index contributed by atoms with van der Waals surface area (Å²) < 4.78 is 99.9. The van der Waals surface area contributed by atoms with Crippen LogP contribution in [0, 0.1) is 35.7 Å². The van der Waals surface area contributed by atoms with Crippen molar-refractivity contribution >= 4 is 33.2 Å². The smallest absolute Gasteiger partial charge is 0.319 e. The Labute approximate surface area is 264 Å². The molecule has 238 valence electrons. The molecule has 4 aliphatic rings. The molecule has 3 saturated heterocycles. The minimum atomic E-state index is -2.47. The number of anilines is 2. The van der Waals surface area contributed by atoms with Crippen LogP contribution >= 0.6 is 0 Å². The van der Waals surface area contributed by atoms with Gasteiger partial charge >= 0.3 is 6.01 Å². The third kappa shape index (κ3) is 4.46. The SMILES string of the molecule is [2H]C([2H])(Oc1nc(N2CCCC[C@@H]3[C@@H](F)[C@@H]32)c2cnc(-c3cc(N)cc4cc(F)c(F)c(C#C)c34)c(F)c2n1)[C@@]12CCCN1C[C@H](F)C2. The van der Waals surface area contributed by atoms with Gasteiger partial charge in [-0.25, -0.2) is 22.0 Å². The number of alkyl halides is 2. The van der Waals surface area contributed by atoms with E-state index in [1.807, 2.05) is 0 Å². The summed E-state index contributed by atoms with van der Waals surface area (Å²) in [7, 11) is 0. The second-order valence-electron chi connectivity index (χ2n) is 12.7. The zero-order valence-corrected chi connectivity index (χ0v) is 24.7. The molecule has 12 heteroatoms. The van der Waals surface area contributed by atoms with Gasteiger partial charge in [-0.05, 0) is 55.8 Å². The molecule has 46 heavy (non-hydrogen) atoms. The summed E-state index contributed by atoms with van der Waals surface area (Å²) in [6, 6.07) is 2.61. The first kappa shape index (κ1) is 26.9. The topological polar surface area (TPSA) is 80.4 Å². The van der Waals surface area contributed by atoms with Gasteiger partial charge in [0, 0.05) is 48.3 Å². The van der Waals surface area contributed by atoms with Gasteiger partial charge in [-0.15, -0.1) is 6.42 Å². The summed E-state index contributed by atoms with van der Waals surface area (Å²) in [6.07, 6.45) is 7.64. The van der Waals surface area contributed by atoms with Crippen LogP contribution in [0.1, 0.15) is 46.8 Å². The predicted molar refractivity (Wildman–Crippen MR) is 164 cm³/mol. The number of terminal acetylenes is 1. The lowest BCUT2D eigenvalue weighted by molar-refractivity contribution is 0.107. The normalized spacial score (nSPS) is 28.4. The van der Waals surface area contributed by atoms with Gasteiger partial charge in [-0.1, -0.05) is 12.3 Å². The average molecular weight is 637 g/mol. The van der Waals surface area contributed by atoms with E-state index in [4.69, 9.17) is 19.6 Å². The summed E-state index contributed by atoms with van der Waals surface area (Å²) in [5, 5.41) is 0.256. The van der Waals surface area contributed by atoms with Crippen LogP contribution < -0.4 is 15.4 Å². The third-order valence-electron chi connectivity index (χ3n) is 9.98. The van der Waals surface area contributed by atoms with Crippen molar-refractivity contribution in [1.29, 1.82) is 0 Å². The fourth-order valence-corrected chi connectivity index (χ4v) is 7.81. The van der Waals surface area contributed by atoms with Gasteiger partial charge in [0.05, 0.1) is 25.3 Å². The molecule has 0 unspecified atom stereocenters. The van der Waals surface area contributed by atoms with Gasteiger partial charge in [0.25, 0.3) is 0 Å². The number of pyridine rings is 1. The fraction of sp³-hybridized carbons (Fsp3) is 0.441. The molecule has 2 aromatic carbocycles. The van der Waals surface area contributed by atoms with E-state index in [1.165, 1.54) is 18.3 Å². The van der Waals surface area contributed by atoms with E-state index in [2.05, 4.69) is 20.9 Å². The Hall–Kier alpha value is -4.24. The molecule has 0 amide bonds. The maximum Gasteiger partial charge on any atom is 0.319 e. The summed E-state index contributed by atoms with van der Waals surface area (Å²) in [6.45, 7) is -1.49. The van der Waals surface area contributed by atoms with Crippen LogP contribution in [-0.4, -0.2) is 70.0 Å². The summed E-state index contributed by atoms with van der Waals surface area (Å²) in [4.78, 5) is 16.7. The van der Waals surface area contributed by atoms with Gasteiger partial charge < -0.3 is 15.4 Å². The molecular formula is C34H31F5N6O. The first-order chi connectivity index (χ1) is 22.9. The van der Waals surface area contributed by atoms with Crippen LogP contribution in [0.4, 0.5) is 33.5 Å². The average Bonchev–Trinajstić information content (AvgIpc) is 3.39. The van der Waals surface area contributed by atoms with Crippen molar-refractivity contribution in [1.82, 2.24) is 19.9 Å². The van der Waals surface area contributed by atoms with E-state index in [-0.39, 0.29) is 63.3 Å². The van der Waals surface area contributed by atoms with Crippen LogP contribution in [0.5, 0.6) is 6.01 Å². The molecule has 2 N–H and O–H groups in total. The van der Waals surface area contributed by atoms with E-state index in [0.29, 0.717) is 32.4 Å². The van der Waals surface area contributed by atoms with E-state index in [0.717, 1.165) is 18.9 Å². The van der Waals surface area contributed by atoms with Crippen molar-refractivity contribution in [2.75, 3.05) is 36.8 Å². The number of nitrogen functional groups attached to an aromatic ring is 1. The quantitative estimate of drug-likeness (QED) is 0.161. The van der Waals surface area contributed by atoms with Crippen molar-refractivity contribution in [3.63, 3.8) is 0 Å². The second kappa shape index (κ2) is 10.7. The number of hydrogen-bond donors (Lipinski definition) is 1. The number of rotatable bonds is 5. The van der Waals surface area contributed by atoms with Crippen molar-refractivity contribution in [2.45, 2.75) is 62.4 Å². The Morgan fingerprint density at radius 1 is 1.11 bits per heavy atom. The van der Waals surface area contributed by atoms with Crippen LogP contribution in [0.15, 0.2) is 24.4 Å². The lowest BCUT2D eigenvalue weighted by Crippen LogP contribution is -2.43. The number of nitrogens with two attached hydrogens (primary N) is 1. The first-order valence-corrected chi connectivity index (χ1v) is 15.5. The molecule has 1 aliphatic carbocycles. The summed E-state index contributed by atoms with van der Waals surface area (Å²) >= 11 is 0. The molecule has 7 nitrogen and oxygen atoms in total. The molecule has 5 heterocycles. The summed E-state index contributed by atoms with van der Waals surface area (Å²) in [5.74, 6) is -1.44. The van der Waals surface area contributed by atoms with Gasteiger partial charge in [0.15, 0.2) is 17.5 Å². The Morgan fingerprint density at radius 2 is 1.96 bits per heavy atom. The van der Waals surface area contributed by atoms with Crippen LogP contribution in [-0.2, 0) is 0 Å². The standard InChI is InChI=1S/C34H31F5N6O/c1-2-20-25-17(11-24(36)26(20)37)10-19(40)12-22(25)29-28(39)30-23(14-41-29)32(45-9-4-3-6-21-27(38)31(21)45)43-33(42-30)46-16-34-7-5-8-44(34)15-18(35)13-34/h1,10-12,14,18,21,27,31H,3-9,13,15-16,40H2/t18-,21-,27-,31-,34+/m1/s1/i16D2. The molecule has 4 fully saturated rings. The van der Waals surface area contributed by atoms with Gasteiger partial charge in [0.1, 0.15) is 35.9 Å². The maximum absolute atomic E-state index is 16.9.